The number of nitrogens with zero attached hydrogens (tertiary/aromatic N) is 7. The van der Waals surface area contributed by atoms with E-state index in [1.54, 1.807) is 6.20 Å². The zero-order valence-electron chi connectivity index (χ0n) is 17.5. The highest BCUT2D eigenvalue weighted by molar-refractivity contribution is 5.97. The van der Waals surface area contributed by atoms with Crippen molar-refractivity contribution >= 4 is 16.9 Å². The van der Waals surface area contributed by atoms with Crippen LogP contribution in [0.5, 0.6) is 0 Å². The van der Waals surface area contributed by atoms with E-state index in [9.17, 15) is 0 Å². The van der Waals surface area contributed by atoms with Gasteiger partial charge in [-0.2, -0.15) is 10.2 Å². The first-order valence-electron chi connectivity index (χ1n) is 10.9. The van der Waals surface area contributed by atoms with Gasteiger partial charge in [0.25, 0.3) is 0 Å². The number of hydrogen-bond donors (Lipinski definition) is 2. The Bertz CT molecular complexity index is 1190. The molecular weight excluding hydrogens is 390 g/mol. The Kier molecular flexibility index (Phi) is 4.24. The van der Waals surface area contributed by atoms with E-state index in [0.717, 1.165) is 47.4 Å². The first-order chi connectivity index (χ1) is 15.2. The van der Waals surface area contributed by atoms with Crippen LogP contribution in [0.4, 0.5) is 5.95 Å². The quantitative estimate of drug-likeness (QED) is 0.517. The van der Waals surface area contributed by atoms with E-state index < -0.39 is 0 Å². The van der Waals surface area contributed by atoms with Crippen molar-refractivity contribution in [1.82, 2.24) is 40.5 Å². The molecule has 9 heteroatoms. The average Bonchev–Trinajstić information content (AvgIpc) is 3.53. The van der Waals surface area contributed by atoms with Crippen LogP contribution < -0.4 is 10.2 Å². The number of anilines is 1. The molecule has 2 aliphatic rings. The molecule has 4 aromatic rings. The highest BCUT2D eigenvalue weighted by Gasteiger charge is 2.36. The molecule has 31 heavy (non-hydrogen) atoms. The van der Waals surface area contributed by atoms with Gasteiger partial charge in [0.05, 0.1) is 23.6 Å². The normalized spacial score (nSPS) is 20.3. The molecular formula is C22H25N9. The van der Waals surface area contributed by atoms with Crippen LogP contribution in [0.25, 0.3) is 27.8 Å². The maximum absolute atomic E-state index is 4.64. The summed E-state index contributed by atoms with van der Waals surface area (Å²) in [5.41, 5.74) is 3.85. The van der Waals surface area contributed by atoms with Gasteiger partial charge in [-0.15, -0.1) is 10.2 Å². The lowest BCUT2D eigenvalue weighted by Gasteiger charge is -2.41. The van der Waals surface area contributed by atoms with E-state index in [-0.39, 0.29) is 0 Å². The van der Waals surface area contributed by atoms with Gasteiger partial charge >= 0.3 is 0 Å². The van der Waals surface area contributed by atoms with Crippen molar-refractivity contribution in [2.24, 2.45) is 0 Å². The second-order valence-corrected chi connectivity index (χ2v) is 8.88. The standard InChI is InChI=1S/C22H25N9/c1-22(7-2-8-22)26-15-6-11-30(14-15)21-23-13-18(27-29-21)16-4-5-19(31-10-3-9-25-31)20-17(16)12-24-28-20/h3-5,9-10,12-13,15,26H,2,6-8,11,14H2,1H3,(H,24,28)/t15-/m1/s1. The van der Waals surface area contributed by atoms with Gasteiger partial charge in [0, 0.05) is 48.0 Å². The molecule has 2 fully saturated rings. The Hall–Kier alpha value is -3.33. The van der Waals surface area contributed by atoms with Crippen molar-refractivity contribution in [2.45, 2.75) is 44.2 Å². The van der Waals surface area contributed by atoms with Gasteiger partial charge in [0.15, 0.2) is 0 Å². The van der Waals surface area contributed by atoms with Gasteiger partial charge in [-0.3, -0.25) is 5.10 Å². The molecule has 4 heterocycles. The molecule has 1 aromatic carbocycles. The van der Waals surface area contributed by atoms with Gasteiger partial charge in [-0.05, 0) is 50.8 Å². The first kappa shape index (κ1) is 18.4. The fourth-order valence-electron chi connectivity index (χ4n) is 4.79. The summed E-state index contributed by atoms with van der Waals surface area (Å²) in [6, 6.07) is 6.43. The molecule has 9 nitrogen and oxygen atoms in total. The van der Waals surface area contributed by atoms with Crippen LogP contribution >= 0.6 is 0 Å². The number of hydrogen-bond acceptors (Lipinski definition) is 7. The summed E-state index contributed by atoms with van der Waals surface area (Å²) in [6.45, 7) is 4.22. The van der Waals surface area contributed by atoms with Crippen LogP contribution in [0, 0.1) is 0 Å². The van der Waals surface area contributed by atoms with Gasteiger partial charge in [-0.1, -0.05) is 0 Å². The topological polar surface area (TPSA) is 100 Å². The third-order valence-electron chi connectivity index (χ3n) is 6.65. The number of rotatable bonds is 5. The molecule has 1 saturated heterocycles. The summed E-state index contributed by atoms with van der Waals surface area (Å²) in [5.74, 6) is 0.698. The third-order valence-corrected chi connectivity index (χ3v) is 6.65. The predicted molar refractivity (Wildman–Crippen MR) is 118 cm³/mol. The summed E-state index contributed by atoms with van der Waals surface area (Å²) in [4.78, 5) is 6.87. The van der Waals surface area contributed by atoms with Crippen molar-refractivity contribution in [3.05, 3.63) is 43.0 Å². The lowest BCUT2D eigenvalue weighted by atomic mass is 9.78. The number of fused-ring (bicyclic) bond motifs is 1. The lowest BCUT2D eigenvalue weighted by Crippen LogP contribution is -2.53. The Labute approximate surface area is 179 Å². The molecule has 6 rings (SSSR count). The zero-order chi connectivity index (χ0) is 20.8. The SMILES string of the molecule is CC1(N[C@@H]2CCN(c3ncc(-c4ccc(-n5cccn5)c5[nH]ncc45)nn3)C2)CCC1. The van der Waals surface area contributed by atoms with Crippen LogP contribution in [-0.4, -0.2) is 59.8 Å². The van der Waals surface area contributed by atoms with Gasteiger partial charge in [0.1, 0.15) is 5.69 Å². The zero-order valence-corrected chi connectivity index (χ0v) is 17.5. The maximum Gasteiger partial charge on any atom is 0.245 e. The minimum Gasteiger partial charge on any atom is -0.338 e. The summed E-state index contributed by atoms with van der Waals surface area (Å²) in [6.07, 6.45) is 12.3. The Morgan fingerprint density at radius 1 is 1.19 bits per heavy atom. The van der Waals surface area contributed by atoms with Crippen LogP contribution in [0.15, 0.2) is 43.0 Å². The molecule has 2 N–H and O–H groups in total. The molecule has 0 radical (unpaired) electrons. The van der Waals surface area contributed by atoms with Crippen molar-refractivity contribution in [3.8, 4) is 16.9 Å². The van der Waals surface area contributed by atoms with Gasteiger partial charge in [-0.25, -0.2) is 9.67 Å². The van der Waals surface area contributed by atoms with Crippen molar-refractivity contribution in [2.75, 3.05) is 18.0 Å². The van der Waals surface area contributed by atoms with E-state index in [4.69, 9.17) is 0 Å². The maximum atomic E-state index is 4.64. The Morgan fingerprint density at radius 3 is 2.87 bits per heavy atom. The monoisotopic (exact) mass is 415 g/mol. The lowest BCUT2D eigenvalue weighted by molar-refractivity contribution is 0.189. The van der Waals surface area contributed by atoms with Crippen molar-refractivity contribution in [1.29, 1.82) is 0 Å². The average molecular weight is 416 g/mol. The molecule has 0 spiro atoms. The third kappa shape index (κ3) is 3.25. The van der Waals surface area contributed by atoms with E-state index in [1.165, 1.54) is 19.3 Å². The second-order valence-electron chi connectivity index (χ2n) is 8.88. The van der Waals surface area contributed by atoms with Crippen LogP contribution in [0.3, 0.4) is 0 Å². The Balaban J connectivity index is 1.23. The molecule has 1 saturated carbocycles. The number of nitrogens with one attached hydrogen (secondary N) is 2. The number of H-pyrrole nitrogens is 1. The number of aromatic amines is 1. The minimum atomic E-state index is 0.321. The molecule has 1 atom stereocenters. The molecule has 0 amide bonds. The highest BCUT2D eigenvalue weighted by atomic mass is 15.3. The number of aromatic nitrogens is 7. The summed E-state index contributed by atoms with van der Waals surface area (Å²) in [5, 5.41) is 25.4. The van der Waals surface area contributed by atoms with Crippen LogP contribution in [0.1, 0.15) is 32.6 Å². The summed E-state index contributed by atoms with van der Waals surface area (Å²) in [7, 11) is 0. The van der Waals surface area contributed by atoms with Crippen molar-refractivity contribution in [3.63, 3.8) is 0 Å². The molecule has 3 aromatic heterocycles. The highest BCUT2D eigenvalue weighted by Crippen LogP contribution is 2.33. The van der Waals surface area contributed by atoms with E-state index in [0.29, 0.717) is 17.5 Å². The summed E-state index contributed by atoms with van der Waals surface area (Å²) >= 11 is 0. The minimum absolute atomic E-state index is 0.321. The Morgan fingerprint density at radius 2 is 2.13 bits per heavy atom. The predicted octanol–water partition coefficient (Wildman–Crippen LogP) is 2.71. The van der Waals surface area contributed by atoms with Crippen LogP contribution in [0.2, 0.25) is 0 Å². The molecule has 0 bridgehead atoms. The molecule has 158 valence electrons. The molecule has 1 aliphatic carbocycles. The fraction of sp³-hybridized carbons (Fsp3) is 0.409. The second kappa shape index (κ2) is 7.12. The van der Waals surface area contributed by atoms with Gasteiger partial charge < -0.3 is 10.2 Å². The van der Waals surface area contributed by atoms with E-state index >= 15 is 0 Å². The fourth-order valence-corrected chi connectivity index (χ4v) is 4.79. The summed E-state index contributed by atoms with van der Waals surface area (Å²) < 4.78 is 1.82. The first-order valence-corrected chi connectivity index (χ1v) is 10.9. The van der Waals surface area contributed by atoms with E-state index in [2.05, 4.69) is 47.6 Å². The molecule has 1 aliphatic heterocycles. The van der Waals surface area contributed by atoms with Crippen LogP contribution in [-0.2, 0) is 0 Å². The van der Waals surface area contributed by atoms with E-state index in [1.807, 2.05) is 41.5 Å². The van der Waals surface area contributed by atoms with Gasteiger partial charge in [0.2, 0.25) is 5.95 Å². The van der Waals surface area contributed by atoms with Crippen molar-refractivity contribution < 1.29 is 0 Å². The number of benzene rings is 1. The molecule has 0 unspecified atom stereocenters. The largest absolute Gasteiger partial charge is 0.338 e. The smallest absolute Gasteiger partial charge is 0.245 e.